The van der Waals surface area contributed by atoms with E-state index in [4.69, 9.17) is 4.74 Å². The van der Waals surface area contributed by atoms with E-state index in [1.165, 1.54) is 0 Å². The number of benzene rings is 1. The Balaban J connectivity index is 1.55. The fraction of sp³-hybridized carbons (Fsp3) is 0.316. The molecule has 0 bridgehead atoms. The molecule has 1 aliphatic carbocycles. The lowest BCUT2D eigenvalue weighted by Crippen LogP contribution is -2.44. The first-order chi connectivity index (χ1) is 12.5. The van der Waals surface area contributed by atoms with E-state index in [1.807, 2.05) is 25.1 Å². The number of carbonyl (C=O) groups is 3. The molecule has 0 saturated heterocycles. The molecule has 7 heteroatoms. The summed E-state index contributed by atoms with van der Waals surface area (Å²) in [4.78, 5) is 39.2. The van der Waals surface area contributed by atoms with Crippen LogP contribution < -0.4 is 15.6 Å². The Bertz CT molecular complexity index is 870. The van der Waals surface area contributed by atoms with Crippen LogP contribution in [0.4, 0.5) is 0 Å². The molecule has 0 saturated carbocycles. The van der Waals surface area contributed by atoms with Crippen LogP contribution in [0.5, 0.6) is 5.75 Å². The second-order valence-electron chi connectivity index (χ2n) is 6.36. The molecule has 1 aliphatic rings. The highest BCUT2D eigenvalue weighted by Gasteiger charge is 2.26. The van der Waals surface area contributed by atoms with E-state index in [0.29, 0.717) is 29.0 Å². The summed E-state index contributed by atoms with van der Waals surface area (Å²) in [6, 6.07) is 7.33. The van der Waals surface area contributed by atoms with Crippen LogP contribution in [0.2, 0.25) is 0 Å². The average Bonchev–Trinajstić information content (AvgIpc) is 2.96. The molecular formula is C19H21N3O4. The number of carbonyl (C=O) groups excluding carboxylic acids is 3. The van der Waals surface area contributed by atoms with E-state index in [9.17, 15) is 14.4 Å². The largest absolute Gasteiger partial charge is 0.484 e. The number of ether oxygens (including phenoxy) is 1. The van der Waals surface area contributed by atoms with Crippen LogP contribution in [0.1, 0.15) is 50.5 Å². The second-order valence-corrected chi connectivity index (χ2v) is 6.36. The van der Waals surface area contributed by atoms with Crippen molar-refractivity contribution < 1.29 is 19.1 Å². The fourth-order valence-electron chi connectivity index (χ4n) is 3.08. The van der Waals surface area contributed by atoms with Crippen molar-refractivity contribution in [2.24, 2.45) is 0 Å². The van der Waals surface area contributed by atoms with Gasteiger partial charge in [-0.1, -0.05) is 12.1 Å². The topological polar surface area (TPSA) is 100 Å². The highest BCUT2D eigenvalue weighted by Crippen LogP contribution is 2.26. The highest BCUT2D eigenvalue weighted by molar-refractivity contribution is 6.04. The van der Waals surface area contributed by atoms with Crippen LogP contribution in [0.15, 0.2) is 24.3 Å². The highest BCUT2D eigenvalue weighted by atomic mass is 16.5. The van der Waals surface area contributed by atoms with Gasteiger partial charge in [-0.25, -0.2) is 0 Å². The third kappa shape index (κ3) is 3.77. The summed E-state index contributed by atoms with van der Waals surface area (Å²) >= 11 is 0. The molecule has 1 aromatic carbocycles. The number of hydrazine groups is 1. The Hall–Kier alpha value is -3.09. The Morgan fingerprint density at radius 2 is 2.00 bits per heavy atom. The monoisotopic (exact) mass is 355 g/mol. The molecule has 7 nitrogen and oxygen atoms in total. The summed E-state index contributed by atoms with van der Waals surface area (Å²) in [5, 5.41) is 0. The predicted octanol–water partition coefficient (Wildman–Crippen LogP) is 1.99. The number of Topliss-reactive ketones (excluding diaryl/α,β-unsaturated/α-hetero) is 1. The van der Waals surface area contributed by atoms with Crippen LogP contribution in [0.25, 0.3) is 0 Å². The standard InChI is InChI=1S/C19H21N3O4/c1-11-5-3-6-13(9-11)26-10-16(24)21-22-19(25)18-12(2)17-14(20-18)7-4-8-15(17)23/h3,5-6,9,20H,4,7-8,10H2,1-2H3,(H,21,24)(H,22,25). The Morgan fingerprint density at radius 1 is 1.19 bits per heavy atom. The van der Waals surface area contributed by atoms with Gasteiger partial charge in [0.1, 0.15) is 11.4 Å². The molecule has 0 unspecified atom stereocenters. The molecule has 1 heterocycles. The van der Waals surface area contributed by atoms with E-state index < -0.39 is 11.8 Å². The SMILES string of the molecule is Cc1cccc(OCC(=O)NNC(=O)c2[nH]c3c(c2C)C(=O)CCC3)c1. The summed E-state index contributed by atoms with van der Waals surface area (Å²) in [6.07, 6.45) is 2.02. The summed E-state index contributed by atoms with van der Waals surface area (Å²) in [6.45, 7) is 3.44. The van der Waals surface area contributed by atoms with Crippen LogP contribution in [0, 0.1) is 13.8 Å². The molecule has 0 radical (unpaired) electrons. The van der Waals surface area contributed by atoms with E-state index in [0.717, 1.165) is 24.1 Å². The number of hydrogen-bond acceptors (Lipinski definition) is 4. The molecule has 0 aliphatic heterocycles. The number of hydrogen-bond donors (Lipinski definition) is 3. The van der Waals surface area contributed by atoms with E-state index >= 15 is 0 Å². The van der Waals surface area contributed by atoms with Gasteiger partial charge in [-0.15, -0.1) is 0 Å². The van der Waals surface area contributed by atoms with Crippen LogP contribution in [0.3, 0.4) is 0 Å². The Labute approximate surface area is 151 Å². The Kier molecular flexibility index (Phi) is 5.06. The van der Waals surface area contributed by atoms with Gasteiger partial charge in [0.25, 0.3) is 11.8 Å². The van der Waals surface area contributed by atoms with Crippen LogP contribution in [-0.4, -0.2) is 29.2 Å². The molecule has 26 heavy (non-hydrogen) atoms. The van der Waals surface area contributed by atoms with E-state index in [1.54, 1.807) is 13.0 Å². The number of rotatable bonds is 4. The molecule has 0 atom stereocenters. The molecule has 136 valence electrons. The van der Waals surface area contributed by atoms with E-state index in [2.05, 4.69) is 15.8 Å². The molecule has 0 spiro atoms. The van der Waals surface area contributed by atoms with Crippen molar-refractivity contribution in [2.75, 3.05) is 6.61 Å². The first kappa shape index (κ1) is 17.7. The van der Waals surface area contributed by atoms with Crippen molar-refractivity contribution in [3.8, 4) is 5.75 Å². The summed E-state index contributed by atoms with van der Waals surface area (Å²) in [5.74, 6) is -0.342. The third-order valence-electron chi connectivity index (χ3n) is 4.34. The van der Waals surface area contributed by atoms with Gasteiger partial charge in [0.15, 0.2) is 12.4 Å². The lowest BCUT2D eigenvalue weighted by atomic mass is 9.94. The molecule has 2 amide bonds. The number of aromatic amines is 1. The van der Waals surface area contributed by atoms with E-state index in [-0.39, 0.29) is 12.4 Å². The molecule has 3 rings (SSSR count). The fourth-order valence-corrected chi connectivity index (χ4v) is 3.08. The van der Waals surface area contributed by atoms with Gasteiger partial charge in [-0.3, -0.25) is 25.2 Å². The van der Waals surface area contributed by atoms with Crippen LogP contribution >= 0.6 is 0 Å². The zero-order valence-corrected chi connectivity index (χ0v) is 14.8. The summed E-state index contributed by atoms with van der Waals surface area (Å²) < 4.78 is 5.37. The predicted molar refractivity (Wildman–Crippen MR) is 95.1 cm³/mol. The number of nitrogens with one attached hydrogen (secondary N) is 3. The maximum absolute atomic E-state index is 12.3. The number of amides is 2. The first-order valence-electron chi connectivity index (χ1n) is 8.49. The van der Waals surface area contributed by atoms with Gasteiger partial charge in [-0.05, 0) is 49.9 Å². The molecule has 2 aromatic rings. The second kappa shape index (κ2) is 7.43. The van der Waals surface area contributed by atoms with Crippen molar-refractivity contribution in [1.82, 2.24) is 15.8 Å². The normalized spacial score (nSPS) is 13.1. The average molecular weight is 355 g/mol. The zero-order chi connectivity index (χ0) is 18.7. The minimum Gasteiger partial charge on any atom is -0.484 e. The minimum absolute atomic E-state index is 0.0506. The van der Waals surface area contributed by atoms with Crippen molar-refractivity contribution >= 4 is 17.6 Å². The van der Waals surface area contributed by atoms with Gasteiger partial charge >= 0.3 is 0 Å². The molecule has 0 fully saturated rings. The van der Waals surface area contributed by atoms with Gasteiger partial charge in [-0.2, -0.15) is 0 Å². The number of fused-ring (bicyclic) bond motifs is 1. The lowest BCUT2D eigenvalue weighted by molar-refractivity contribution is -0.123. The smallest absolute Gasteiger partial charge is 0.286 e. The first-order valence-corrected chi connectivity index (χ1v) is 8.49. The molecule has 1 aromatic heterocycles. The van der Waals surface area contributed by atoms with Crippen molar-refractivity contribution in [3.05, 3.63) is 52.3 Å². The van der Waals surface area contributed by atoms with Gasteiger partial charge in [0, 0.05) is 17.7 Å². The number of H-pyrrole nitrogens is 1. The van der Waals surface area contributed by atoms with Gasteiger partial charge in [0.2, 0.25) is 0 Å². The zero-order valence-electron chi connectivity index (χ0n) is 14.8. The molecule has 3 N–H and O–H groups in total. The van der Waals surface area contributed by atoms with Gasteiger partial charge in [0.05, 0.1) is 0 Å². The van der Waals surface area contributed by atoms with Crippen molar-refractivity contribution in [2.45, 2.75) is 33.1 Å². The summed E-state index contributed by atoms with van der Waals surface area (Å²) in [7, 11) is 0. The van der Waals surface area contributed by atoms with Crippen LogP contribution in [-0.2, 0) is 11.2 Å². The lowest BCUT2D eigenvalue weighted by Gasteiger charge is -2.09. The summed E-state index contributed by atoms with van der Waals surface area (Å²) in [5.41, 5.74) is 8.00. The minimum atomic E-state index is -0.492. The van der Waals surface area contributed by atoms with Crippen molar-refractivity contribution in [3.63, 3.8) is 0 Å². The third-order valence-corrected chi connectivity index (χ3v) is 4.34. The van der Waals surface area contributed by atoms with Gasteiger partial charge < -0.3 is 9.72 Å². The quantitative estimate of drug-likeness (QED) is 0.730. The maximum Gasteiger partial charge on any atom is 0.286 e. The number of aryl methyl sites for hydroxylation is 2. The molecular weight excluding hydrogens is 334 g/mol. The number of ketones is 1. The van der Waals surface area contributed by atoms with Crippen molar-refractivity contribution in [1.29, 1.82) is 0 Å². The number of aromatic nitrogens is 1. The maximum atomic E-state index is 12.3. The Morgan fingerprint density at radius 3 is 2.73 bits per heavy atom.